The van der Waals surface area contributed by atoms with Gasteiger partial charge in [-0.25, -0.2) is 0 Å². The Kier molecular flexibility index (Phi) is 4.99. The van der Waals surface area contributed by atoms with Crippen LogP contribution in [0.2, 0.25) is 5.02 Å². The number of benzene rings is 2. The quantitative estimate of drug-likeness (QED) is 0.671. The number of nitrogens with zero attached hydrogens (tertiary/aromatic N) is 1. The van der Waals surface area contributed by atoms with E-state index >= 15 is 0 Å². The second-order valence-corrected chi connectivity index (χ2v) is 8.95. The molecule has 1 atom stereocenters. The van der Waals surface area contributed by atoms with Crippen LogP contribution in [-0.2, 0) is 9.59 Å². The van der Waals surface area contributed by atoms with E-state index in [1.807, 2.05) is 36.4 Å². The summed E-state index contributed by atoms with van der Waals surface area (Å²) in [5, 5.41) is 0.561. The number of Topliss-reactive ketones (excluding diaryl/α,β-unsaturated/α-hetero) is 1. The van der Waals surface area contributed by atoms with Crippen molar-refractivity contribution in [2.75, 3.05) is 12.0 Å². The lowest BCUT2D eigenvalue weighted by molar-refractivity contribution is -0.121. The zero-order chi connectivity index (χ0) is 20.8. The number of ether oxygens (including phenoxy) is 1. The second-order valence-electron chi connectivity index (χ2n) is 8.51. The van der Waals surface area contributed by atoms with Gasteiger partial charge in [-0.3, -0.25) is 14.5 Å². The number of para-hydroxylation sites is 1. The van der Waals surface area contributed by atoms with Gasteiger partial charge >= 0.3 is 0 Å². The van der Waals surface area contributed by atoms with E-state index in [9.17, 15) is 9.59 Å². The van der Waals surface area contributed by atoms with E-state index in [1.165, 1.54) is 0 Å². The van der Waals surface area contributed by atoms with Crippen LogP contribution in [0.4, 0.5) is 5.69 Å². The van der Waals surface area contributed by atoms with E-state index in [4.69, 9.17) is 16.3 Å². The molecule has 4 nitrogen and oxygen atoms in total. The molecule has 1 amide bonds. The Morgan fingerprint density at radius 3 is 2.55 bits per heavy atom. The van der Waals surface area contributed by atoms with Crippen molar-refractivity contribution in [3.05, 3.63) is 70.4 Å². The normalized spacial score (nSPS) is 21.2. The summed E-state index contributed by atoms with van der Waals surface area (Å²) in [6, 6.07) is 14.9. The minimum absolute atomic E-state index is 0.0348. The van der Waals surface area contributed by atoms with E-state index in [2.05, 4.69) is 13.8 Å². The Labute approximate surface area is 176 Å². The van der Waals surface area contributed by atoms with E-state index in [0.717, 1.165) is 16.8 Å². The van der Waals surface area contributed by atoms with Gasteiger partial charge in [-0.1, -0.05) is 49.7 Å². The number of anilines is 1. The lowest BCUT2D eigenvalue weighted by atomic mass is 9.69. The van der Waals surface area contributed by atoms with Gasteiger partial charge in [0, 0.05) is 40.6 Å². The molecule has 0 saturated carbocycles. The Hall–Kier alpha value is -2.59. The third-order valence-corrected chi connectivity index (χ3v) is 5.96. The van der Waals surface area contributed by atoms with Gasteiger partial charge in [0.2, 0.25) is 5.91 Å². The number of rotatable bonds is 3. The van der Waals surface area contributed by atoms with Crippen LogP contribution in [0.1, 0.15) is 44.6 Å². The van der Waals surface area contributed by atoms with Crippen LogP contribution in [0.3, 0.4) is 0 Å². The molecule has 0 saturated heterocycles. The highest BCUT2D eigenvalue weighted by atomic mass is 35.5. The zero-order valence-electron chi connectivity index (χ0n) is 16.9. The van der Waals surface area contributed by atoms with Gasteiger partial charge in [0.05, 0.1) is 12.8 Å². The van der Waals surface area contributed by atoms with Crippen molar-refractivity contribution in [2.45, 2.75) is 39.0 Å². The topological polar surface area (TPSA) is 46.6 Å². The highest BCUT2D eigenvalue weighted by molar-refractivity contribution is 6.31. The van der Waals surface area contributed by atoms with Crippen LogP contribution in [-0.4, -0.2) is 18.8 Å². The summed E-state index contributed by atoms with van der Waals surface area (Å²) in [5.74, 6) is 0.470. The fourth-order valence-corrected chi connectivity index (χ4v) is 4.73. The minimum atomic E-state index is -0.298. The van der Waals surface area contributed by atoms with E-state index in [1.54, 1.807) is 24.1 Å². The van der Waals surface area contributed by atoms with Gasteiger partial charge in [0.15, 0.2) is 5.78 Å². The molecule has 0 fully saturated rings. The summed E-state index contributed by atoms with van der Waals surface area (Å²) in [6.07, 6.45) is 1.34. The fraction of sp³-hybridized carbons (Fsp3) is 0.333. The minimum Gasteiger partial charge on any atom is -0.496 e. The third-order valence-electron chi connectivity index (χ3n) is 5.72. The fourth-order valence-electron chi connectivity index (χ4n) is 4.55. The number of carbonyl (C=O) groups excluding carboxylic acids is 2. The molecule has 150 valence electrons. The largest absolute Gasteiger partial charge is 0.496 e. The van der Waals surface area contributed by atoms with Gasteiger partial charge in [0.1, 0.15) is 5.75 Å². The molecular formula is C24H24ClNO3. The first kappa shape index (κ1) is 19.7. The van der Waals surface area contributed by atoms with E-state index in [-0.39, 0.29) is 29.4 Å². The first-order valence-electron chi connectivity index (χ1n) is 9.78. The molecule has 1 aliphatic heterocycles. The lowest BCUT2D eigenvalue weighted by Crippen LogP contribution is -2.43. The lowest BCUT2D eigenvalue weighted by Gasteiger charge is -2.43. The second kappa shape index (κ2) is 7.34. The zero-order valence-corrected chi connectivity index (χ0v) is 17.6. The van der Waals surface area contributed by atoms with Gasteiger partial charge in [0.25, 0.3) is 0 Å². The van der Waals surface area contributed by atoms with Crippen molar-refractivity contribution in [1.82, 2.24) is 0 Å². The molecule has 2 aliphatic rings. The Balaban J connectivity index is 1.93. The molecule has 5 heteroatoms. The van der Waals surface area contributed by atoms with Crippen LogP contribution < -0.4 is 9.64 Å². The van der Waals surface area contributed by atoms with Crippen molar-refractivity contribution in [2.24, 2.45) is 5.41 Å². The molecular weight excluding hydrogens is 386 g/mol. The highest BCUT2D eigenvalue weighted by Gasteiger charge is 2.44. The predicted molar refractivity (Wildman–Crippen MR) is 114 cm³/mol. The van der Waals surface area contributed by atoms with Crippen molar-refractivity contribution < 1.29 is 14.3 Å². The molecule has 0 spiro atoms. The summed E-state index contributed by atoms with van der Waals surface area (Å²) >= 11 is 6.20. The summed E-state index contributed by atoms with van der Waals surface area (Å²) in [6.45, 7) is 4.14. The Morgan fingerprint density at radius 2 is 1.83 bits per heavy atom. The standard InChI is InChI=1S/C24H24ClNO3/c1-24(2)13-19-23(20(27)14-24)18(17-9-4-5-10-21(17)29-3)12-22(28)26(19)16-8-6-7-15(25)11-16/h4-11,18H,12-14H2,1-3H3. The van der Waals surface area contributed by atoms with E-state index in [0.29, 0.717) is 29.3 Å². The summed E-state index contributed by atoms with van der Waals surface area (Å²) in [4.78, 5) is 28.4. The first-order chi connectivity index (χ1) is 13.8. The van der Waals surface area contributed by atoms with Gasteiger partial charge < -0.3 is 4.74 Å². The molecule has 0 aromatic heterocycles. The molecule has 0 radical (unpaired) electrons. The third kappa shape index (κ3) is 3.58. The maximum Gasteiger partial charge on any atom is 0.232 e. The van der Waals surface area contributed by atoms with Crippen LogP contribution >= 0.6 is 11.6 Å². The monoisotopic (exact) mass is 409 g/mol. The number of halogens is 1. The maximum atomic E-state index is 13.4. The molecule has 29 heavy (non-hydrogen) atoms. The van der Waals surface area contributed by atoms with Crippen molar-refractivity contribution in [3.63, 3.8) is 0 Å². The maximum absolute atomic E-state index is 13.4. The Morgan fingerprint density at radius 1 is 1.07 bits per heavy atom. The first-order valence-corrected chi connectivity index (χ1v) is 10.2. The van der Waals surface area contributed by atoms with Crippen LogP contribution in [0.25, 0.3) is 0 Å². The summed E-state index contributed by atoms with van der Waals surface area (Å²) < 4.78 is 5.54. The summed E-state index contributed by atoms with van der Waals surface area (Å²) in [7, 11) is 1.61. The Bertz CT molecular complexity index is 1020. The van der Waals surface area contributed by atoms with Crippen molar-refractivity contribution >= 4 is 29.0 Å². The number of hydrogen-bond acceptors (Lipinski definition) is 3. The van der Waals surface area contributed by atoms with Crippen LogP contribution in [0.5, 0.6) is 5.75 Å². The number of amides is 1. The number of carbonyl (C=O) groups is 2. The SMILES string of the molecule is COc1ccccc1C1CC(=O)N(c2cccc(Cl)c2)C2=C1C(=O)CC(C)(C)C2. The molecule has 0 N–H and O–H groups in total. The predicted octanol–water partition coefficient (Wildman–Crippen LogP) is 5.51. The molecule has 4 rings (SSSR count). The number of allylic oxidation sites excluding steroid dienone is 2. The molecule has 2 aromatic carbocycles. The van der Waals surface area contributed by atoms with Crippen LogP contribution in [0.15, 0.2) is 59.8 Å². The highest BCUT2D eigenvalue weighted by Crippen LogP contribution is 2.49. The number of hydrogen-bond donors (Lipinski definition) is 0. The van der Waals surface area contributed by atoms with Crippen LogP contribution in [0, 0.1) is 5.41 Å². The molecule has 1 unspecified atom stereocenters. The molecule has 1 heterocycles. The summed E-state index contributed by atoms with van der Waals surface area (Å²) in [5.41, 5.74) is 2.90. The average Bonchev–Trinajstić information content (AvgIpc) is 2.66. The van der Waals surface area contributed by atoms with Gasteiger partial charge in [-0.15, -0.1) is 0 Å². The number of methoxy groups -OCH3 is 1. The van der Waals surface area contributed by atoms with E-state index < -0.39 is 0 Å². The average molecular weight is 410 g/mol. The molecule has 1 aliphatic carbocycles. The van der Waals surface area contributed by atoms with Crippen molar-refractivity contribution in [3.8, 4) is 5.75 Å². The number of ketones is 1. The smallest absolute Gasteiger partial charge is 0.232 e. The van der Waals surface area contributed by atoms with Crippen molar-refractivity contribution in [1.29, 1.82) is 0 Å². The molecule has 0 bridgehead atoms. The van der Waals surface area contributed by atoms with Gasteiger partial charge in [-0.2, -0.15) is 0 Å². The van der Waals surface area contributed by atoms with Gasteiger partial charge in [-0.05, 0) is 36.1 Å². The molecule has 2 aromatic rings.